The Morgan fingerprint density at radius 2 is 1.81 bits per heavy atom. The molecule has 3 heteroatoms. The van der Waals surface area contributed by atoms with Gasteiger partial charge in [-0.15, -0.1) is 0 Å². The topological polar surface area (TPSA) is 53.6 Å². The van der Waals surface area contributed by atoms with E-state index in [2.05, 4.69) is 0 Å². The molecule has 0 amide bonds. The molecule has 0 saturated heterocycles. The summed E-state index contributed by atoms with van der Waals surface area (Å²) < 4.78 is 5.55. The van der Waals surface area contributed by atoms with E-state index < -0.39 is 0 Å². The minimum Gasteiger partial charge on any atom is -0.507 e. The van der Waals surface area contributed by atoms with Crippen molar-refractivity contribution in [1.82, 2.24) is 0 Å². The van der Waals surface area contributed by atoms with Crippen LogP contribution in [0.2, 0.25) is 0 Å². The Morgan fingerprint density at radius 3 is 2.62 bits per heavy atom. The molecule has 0 bridgehead atoms. The first-order valence-electron chi connectivity index (χ1n) is 5.01. The van der Waals surface area contributed by atoms with Crippen molar-refractivity contribution in [1.29, 1.82) is 0 Å². The highest BCUT2D eigenvalue weighted by Gasteiger charge is 2.14. The van der Waals surface area contributed by atoms with Gasteiger partial charge in [0.05, 0.1) is 5.39 Å². The van der Waals surface area contributed by atoms with E-state index in [4.69, 9.17) is 4.42 Å². The summed E-state index contributed by atoms with van der Waals surface area (Å²) in [6, 6.07) is 9.01. The summed E-state index contributed by atoms with van der Waals surface area (Å²) >= 11 is 0. The lowest BCUT2D eigenvalue weighted by atomic mass is 10.1. The fourth-order valence-corrected chi connectivity index (χ4v) is 1.95. The molecule has 2 aromatic carbocycles. The van der Waals surface area contributed by atoms with Gasteiger partial charge in [-0.25, -0.2) is 0 Å². The Balaban J connectivity index is 2.62. The first-order chi connectivity index (χ1) is 7.68. The van der Waals surface area contributed by atoms with Gasteiger partial charge in [0.2, 0.25) is 0 Å². The number of benzene rings is 2. The van der Waals surface area contributed by atoms with Crippen molar-refractivity contribution in [2.75, 3.05) is 0 Å². The summed E-state index contributed by atoms with van der Waals surface area (Å²) in [6.07, 6.45) is 0. The van der Waals surface area contributed by atoms with Crippen LogP contribution in [0.15, 0.2) is 34.7 Å². The van der Waals surface area contributed by atoms with Crippen molar-refractivity contribution in [3.05, 3.63) is 35.9 Å². The van der Waals surface area contributed by atoms with Crippen LogP contribution in [0.3, 0.4) is 0 Å². The van der Waals surface area contributed by atoms with Crippen molar-refractivity contribution in [2.45, 2.75) is 6.92 Å². The molecule has 1 aromatic heterocycles. The summed E-state index contributed by atoms with van der Waals surface area (Å²) in [7, 11) is 0. The smallest absolute Gasteiger partial charge is 0.142 e. The van der Waals surface area contributed by atoms with Gasteiger partial charge in [-0.05, 0) is 13.0 Å². The van der Waals surface area contributed by atoms with Crippen molar-refractivity contribution in [3.8, 4) is 11.5 Å². The Morgan fingerprint density at radius 1 is 1.06 bits per heavy atom. The van der Waals surface area contributed by atoms with E-state index in [9.17, 15) is 10.2 Å². The summed E-state index contributed by atoms with van der Waals surface area (Å²) in [5, 5.41) is 21.1. The minimum atomic E-state index is 0.0454. The molecule has 16 heavy (non-hydrogen) atoms. The van der Waals surface area contributed by atoms with Crippen LogP contribution in [0.25, 0.3) is 21.9 Å². The third-order valence-electron chi connectivity index (χ3n) is 2.87. The molecule has 3 rings (SSSR count). The van der Waals surface area contributed by atoms with Crippen LogP contribution in [0.1, 0.15) is 5.56 Å². The molecule has 3 nitrogen and oxygen atoms in total. The number of hydrogen-bond acceptors (Lipinski definition) is 3. The van der Waals surface area contributed by atoms with Crippen LogP contribution < -0.4 is 0 Å². The number of fused-ring (bicyclic) bond motifs is 3. The Hall–Kier alpha value is -2.16. The first-order valence-corrected chi connectivity index (χ1v) is 5.01. The van der Waals surface area contributed by atoms with E-state index in [1.54, 1.807) is 6.92 Å². The van der Waals surface area contributed by atoms with Gasteiger partial charge < -0.3 is 14.6 Å². The SMILES string of the molecule is Cc1c(O)cc2oc3ccccc3c2c1O. The van der Waals surface area contributed by atoms with Crippen LogP contribution >= 0.6 is 0 Å². The van der Waals surface area contributed by atoms with Crippen molar-refractivity contribution in [3.63, 3.8) is 0 Å². The summed E-state index contributed by atoms with van der Waals surface area (Å²) in [4.78, 5) is 0. The van der Waals surface area contributed by atoms with Crippen LogP contribution in [-0.4, -0.2) is 10.2 Å². The fourth-order valence-electron chi connectivity index (χ4n) is 1.95. The average Bonchev–Trinajstić information content (AvgIpc) is 2.64. The van der Waals surface area contributed by atoms with Gasteiger partial charge in [-0.2, -0.15) is 0 Å². The number of phenols is 2. The lowest BCUT2D eigenvalue weighted by Crippen LogP contribution is -1.77. The number of para-hydroxylation sites is 1. The number of aromatic hydroxyl groups is 2. The van der Waals surface area contributed by atoms with Crippen molar-refractivity contribution >= 4 is 21.9 Å². The first kappa shape index (κ1) is 9.09. The van der Waals surface area contributed by atoms with E-state index in [1.165, 1.54) is 6.07 Å². The van der Waals surface area contributed by atoms with Gasteiger partial charge in [0, 0.05) is 17.0 Å². The average molecular weight is 214 g/mol. The molecule has 0 radical (unpaired) electrons. The second kappa shape index (κ2) is 2.92. The summed E-state index contributed by atoms with van der Waals surface area (Å²) in [6.45, 7) is 1.67. The maximum atomic E-state index is 10.0. The van der Waals surface area contributed by atoms with E-state index >= 15 is 0 Å². The van der Waals surface area contributed by atoms with Crippen molar-refractivity contribution in [2.24, 2.45) is 0 Å². The lowest BCUT2D eigenvalue weighted by molar-refractivity contribution is 0.447. The van der Waals surface area contributed by atoms with E-state index in [0.717, 1.165) is 5.39 Å². The molecular formula is C13H10O3. The fraction of sp³-hybridized carbons (Fsp3) is 0.0769. The van der Waals surface area contributed by atoms with Gasteiger partial charge in [0.1, 0.15) is 22.7 Å². The zero-order valence-corrected chi connectivity index (χ0v) is 8.69. The second-order valence-corrected chi connectivity index (χ2v) is 3.84. The molecule has 0 aliphatic heterocycles. The minimum absolute atomic E-state index is 0.0454. The van der Waals surface area contributed by atoms with Crippen molar-refractivity contribution < 1.29 is 14.6 Å². The summed E-state index contributed by atoms with van der Waals surface area (Å²) in [5.41, 5.74) is 1.68. The normalized spacial score (nSPS) is 11.3. The van der Waals surface area contributed by atoms with E-state index in [0.29, 0.717) is 22.1 Å². The van der Waals surface area contributed by atoms with Gasteiger partial charge in [-0.3, -0.25) is 0 Å². The Kier molecular flexibility index (Phi) is 1.66. The molecule has 2 N–H and O–H groups in total. The van der Waals surface area contributed by atoms with Gasteiger partial charge in [-0.1, -0.05) is 18.2 Å². The molecule has 0 aliphatic carbocycles. The number of rotatable bonds is 0. The molecule has 0 unspecified atom stereocenters. The number of phenolic OH excluding ortho intramolecular Hbond substituents is 2. The summed E-state index contributed by atoms with van der Waals surface area (Å²) in [5.74, 6) is 0.129. The second-order valence-electron chi connectivity index (χ2n) is 3.84. The van der Waals surface area contributed by atoms with Crippen LogP contribution in [0.5, 0.6) is 11.5 Å². The Bertz CT molecular complexity index is 695. The molecule has 0 saturated carbocycles. The maximum absolute atomic E-state index is 10.0. The molecule has 0 spiro atoms. The third-order valence-corrected chi connectivity index (χ3v) is 2.87. The highest BCUT2D eigenvalue weighted by Crippen LogP contribution is 2.40. The molecule has 0 fully saturated rings. The zero-order chi connectivity index (χ0) is 11.3. The van der Waals surface area contributed by atoms with Gasteiger partial charge in [0.15, 0.2) is 0 Å². The van der Waals surface area contributed by atoms with Crippen LogP contribution in [0, 0.1) is 6.92 Å². The number of hydrogen-bond donors (Lipinski definition) is 2. The van der Waals surface area contributed by atoms with Crippen LogP contribution in [0.4, 0.5) is 0 Å². The molecular weight excluding hydrogens is 204 g/mol. The highest BCUT2D eigenvalue weighted by molar-refractivity contribution is 6.09. The van der Waals surface area contributed by atoms with Gasteiger partial charge >= 0.3 is 0 Å². The molecule has 0 atom stereocenters. The predicted octanol–water partition coefficient (Wildman–Crippen LogP) is 3.31. The largest absolute Gasteiger partial charge is 0.507 e. The quantitative estimate of drug-likeness (QED) is 0.603. The van der Waals surface area contributed by atoms with Gasteiger partial charge in [0.25, 0.3) is 0 Å². The monoisotopic (exact) mass is 214 g/mol. The lowest BCUT2D eigenvalue weighted by Gasteiger charge is -2.02. The standard InChI is InChI=1S/C13H10O3/c1-7-9(14)6-11-12(13(7)15)8-4-2-3-5-10(8)16-11/h2-6,14-15H,1H3. The maximum Gasteiger partial charge on any atom is 0.142 e. The van der Waals surface area contributed by atoms with E-state index in [1.807, 2.05) is 24.3 Å². The van der Waals surface area contributed by atoms with Crippen LogP contribution in [-0.2, 0) is 0 Å². The zero-order valence-electron chi connectivity index (χ0n) is 8.69. The number of furan rings is 1. The molecule has 0 aliphatic rings. The molecule has 3 aromatic rings. The molecule has 1 heterocycles. The third kappa shape index (κ3) is 1.03. The predicted molar refractivity (Wildman–Crippen MR) is 61.8 cm³/mol. The Labute approximate surface area is 91.5 Å². The molecule has 80 valence electrons. The van der Waals surface area contributed by atoms with E-state index in [-0.39, 0.29) is 11.5 Å². The highest BCUT2D eigenvalue weighted by atomic mass is 16.3.